The summed E-state index contributed by atoms with van der Waals surface area (Å²) in [5.74, 6) is -0.497. The molecule has 0 spiro atoms. The Labute approximate surface area is 93.6 Å². The highest BCUT2D eigenvalue weighted by atomic mass is 16.3. The number of carbonyl (C=O) groups is 1. The molecule has 1 aliphatic heterocycles. The Morgan fingerprint density at radius 3 is 2.81 bits per heavy atom. The largest absolute Gasteiger partial charge is 0.399 e. The highest BCUT2D eigenvalue weighted by Crippen LogP contribution is 2.26. The first-order chi connectivity index (χ1) is 7.58. The van der Waals surface area contributed by atoms with Gasteiger partial charge in [-0.1, -0.05) is 0 Å². The lowest BCUT2D eigenvalue weighted by atomic mass is 10.1. The van der Waals surface area contributed by atoms with Crippen molar-refractivity contribution in [3.63, 3.8) is 0 Å². The molecule has 0 radical (unpaired) electrons. The van der Waals surface area contributed by atoms with E-state index < -0.39 is 5.91 Å². The number of hydrogen-bond donors (Lipinski definition) is 3. The third-order valence-electron chi connectivity index (χ3n) is 2.79. The fraction of sp³-hybridized carbons (Fsp3) is 0.364. The van der Waals surface area contributed by atoms with Crippen molar-refractivity contribution in [3.8, 4) is 0 Å². The molecule has 1 fully saturated rings. The molecule has 5 N–H and O–H groups in total. The molecule has 1 aromatic carbocycles. The van der Waals surface area contributed by atoms with Gasteiger partial charge in [-0.05, 0) is 24.6 Å². The molecule has 16 heavy (non-hydrogen) atoms. The minimum Gasteiger partial charge on any atom is -0.399 e. The molecule has 0 aliphatic carbocycles. The number of aliphatic hydroxyl groups is 1. The standard InChI is InChI=1S/C11H15N3O2/c12-7-1-2-10(9(5-7)11(13)16)14-4-3-8(15)6-14/h1-2,5,8,15H,3-4,6,12H2,(H2,13,16). The van der Waals surface area contributed by atoms with Crippen molar-refractivity contribution in [2.24, 2.45) is 5.73 Å². The molecule has 0 bridgehead atoms. The number of nitrogens with two attached hydrogens (primary N) is 2. The van der Waals surface area contributed by atoms with Gasteiger partial charge in [-0.15, -0.1) is 0 Å². The van der Waals surface area contributed by atoms with Gasteiger partial charge in [0.2, 0.25) is 0 Å². The van der Waals surface area contributed by atoms with Crippen LogP contribution in [0.15, 0.2) is 18.2 Å². The van der Waals surface area contributed by atoms with Gasteiger partial charge in [0.15, 0.2) is 0 Å². The molecule has 5 heteroatoms. The van der Waals surface area contributed by atoms with Gasteiger partial charge in [0, 0.05) is 24.5 Å². The second kappa shape index (κ2) is 4.02. The van der Waals surface area contributed by atoms with E-state index in [9.17, 15) is 9.90 Å². The summed E-state index contributed by atoms with van der Waals surface area (Å²) < 4.78 is 0. The zero-order chi connectivity index (χ0) is 11.7. The predicted molar refractivity (Wildman–Crippen MR) is 62.2 cm³/mol. The second-order valence-corrected chi connectivity index (χ2v) is 4.03. The van der Waals surface area contributed by atoms with Gasteiger partial charge < -0.3 is 21.5 Å². The number of aliphatic hydroxyl groups excluding tert-OH is 1. The van der Waals surface area contributed by atoms with Crippen LogP contribution in [0.1, 0.15) is 16.8 Å². The molecular weight excluding hydrogens is 206 g/mol. The molecule has 1 atom stereocenters. The molecule has 86 valence electrons. The number of carbonyl (C=O) groups excluding carboxylic acids is 1. The van der Waals surface area contributed by atoms with Gasteiger partial charge in [-0.3, -0.25) is 4.79 Å². The molecule has 1 saturated heterocycles. The molecule has 1 amide bonds. The number of benzene rings is 1. The summed E-state index contributed by atoms with van der Waals surface area (Å²) in [6.07, 6.45) is 0.376. The maximum absolute atomic E-state index is 11.3. The van der Waals surface area contributed by atoms with E-state index in [2.05, 4.69) is 0 Å². The summed E-state index contributed by atoms with van der Waals surface area (Å²) in [6.45, 7) is 1.26. The van der Waals surface area contributed by atoms with Crippen LogP contribution in [-0.2, 0) is 0 Å². The fourth-order valence-electron chi connectivity index (χ4n) is 1.99. The normalized spacial score (nSPS) is 20.1. The van der Waals surface area contributed by atoms with Crippen LogP contribution in [0.3, 0.4) is 0 Å². The molecule has 1 aliphatic rings. The number of β-amino-alcohol motifs (C(OH)–C–C–N with tert-alkyl or cyclic N) is 1. The number of primary amides is 1. The van der Waals surface area contributed by atoms with E-state index in [1.54, 1.807) is 18.2 Å². The maximum Gasteiger partial charge on any atom is 0.250 e. The lowest BCUT2D eigenvalue weighted by molar-refractivity contribution is 0.100. The summed E-state index contributed by atoms with van der Waals surface area (Å²) in [4.78, 5) is 13.2. The monoisotopic (exact) mass is 221 g/mol. The number of nitrogen functional groups attached to an aromatic ring is 1. The maximum atomic E-state index is 11.3. The average molecular weight is 221 g/mol. The number of rotatable bonds is 2. The molecule has 1 unspecified atom stereocenters. The lowest BCUT2D eigenvalue weighted by Crippen LogP contribution is -2.25. The van der Waals surface area contributed by atoms with E-state index in [1.807, 2.05) is 4.90 Å². The average Bonchev–Trinajstić information content (AvgIpc) is 2.64. The highest BCUT2D eigenvalue weighted by molar-refractivity contribution is 5.99. The zero-order valence-electron chi connectivity index (χ0n) is 8.89. The Morgan fingerprint density at radius 1 is 1.50 bits per heavy atom. The van der Waals surface area contributed by atoms with Crippen LogP contribution in [0.4, 0.5) is 11.4 Å². The Bertz CT molecular complexity index is 420. The molecule has 5 nitrogen and oxygen atoms in total. The Kier molecular flexibility index (Phi) is 2.70. The van der Waals surface area contributed by atoms with E-state index >= 15 is 0 Å². The van der Waals surface area contributed by atoms with Crippen LogP contribution in [0.2, 0.25) is 0 Å². The minimum atomic E-state index is -0.497. The summed E-state index contributed by atoms with van der Waals surface area (Å²) >= 11 is 0. The van der Waals surface area contributed by atoms with Gasteiger partial charge in [0.1, 0.15) is 0 Å². The predicted octanol–water partition coefficient (Wildman–Crippen LogP) is -0.0613. The van der Waals surface area contributed by atoms with Gasteiger partial charge in [0.05, 0.1) is 11.7 Å². The lowest BCUT2D eigenvalue weighted by Gasteiger charge is -2.20. The van der Waals surface area contributed by atoms with E-state index in [0.717, 1.165) is 12.2 Å². The van der Waals surface area contributed by atoms with Crippen molar-refractivity contribution in [2.75, 3.05) is 23.7 Å². The molecule has 2 rings (SSSR count). The van der Waals surface area contributed by atoms with Crippen molar-refractivity contribution >= 4 is 17.3 Å². The van der Waals surface area contributed by atoms with Crippen LogP contribution in [0.5, 0.6) is 0 Å². The van der Waals surface area contributed by atoms with E-state index in [1.165, 1.54) is 0 Å². The smallest absolute Gasteiger partial charge is 0.250 e. The van der Waals surface area contributed by atoms with Crippen LogP contribution in [-0.4, -0.2) is 30.2 Å². The summed E-state index contributed by atoms with van der Waals surface area (Å²) in [5, 5.41) is 9.46. The first kappa shape index (κ1) is 10.8. The van der Waals surface area contributed by atoms with Crippen molar-refractivity contribution in [3.05, 3.63) is 23.8 Å². The number of amides is 1. The third kappa shape index (κ3) is 1.94. The molecule has 0 aromatic heterocycles. The van der Waals surface area contributed by atoms with Crippen LogP contribution >= 0.6 is 0 Å². The number of anilines is 2. The topological polar surface area (TPSA) is 92.6 Å². The molecule has 1 aromatic rings. The van der Waals surface area contributed by atoms with Gasteiger partial charge in [-0.25, -0.2) is 0 Å². The van der Waals surface area contributed by atoms with Gasteiger partial charge >= 0.3 is 0 Å². The SMILES string of the molecule is NC(=O)c1cc(N)ccc1N1CCC(O)C1. The summed E-state index contributed by atoms with van der Waals surface area (Å²) in [5.41, 5.74) is 12.6. The quantitative estimate of drug-likeness (QED) is 0.610. The Hall–Kier alpha value is -1.75. The fourth-order valence-corrected chi connectivity index (χ4v) is 1.99. The van der Waals surface area contributed by atoms with Gasteiger partial charge in [0.25, 0.3) is 5.91 Å². The van der Waals surface area contributed by atoms with E-state index in [0.29, 0.717) is 24.2 Å². The first-order valence-electron chi connectivity index (χ1n) is 5.20. The summed E-state index contributed by atoms with van der Waals surface area (Å²) in [7, 11) is 0. The summed E-state index contributed by atoms with van der Waals surface area (Å²) in [6, 6.07) is 5.07. The number of hydrogen-bond acceptors (Lipinski definition) is 4. The zero-order valence-corrected chi connectivity index (χ0v) is 8.89. The Morgan fingerprint density at radius 2 is 2.25 bits per heavy atom. The van der Waals surface area contributed by atoms with Crippen molar-refractivity contribution in [1.29, 1.82) is 0 Å². The van der Waals surface area contributed by atoms with Crippen LogP contribution < -0.4 is 16.4 Å². The second-order valence-electron chi connectivity index (χ2n) is 4.03. The Balaban J connectivity index is 2.36. The van der Waals surface area contributed by atoms with Gasteiger partial charge in [-0.2, -0.15) is 0 Å². The first-order valence-corrected chi connectivity index (χ1v) is 5.20. The van der Waals surface area contributed by atoms with Crippen molar-refractivity contribution in [1.82, 2.24) is 0 Å². The molecule has 1 heterocycles. The molecular formula is C11H15N3O2. The molecule has 0 saturated carbocycles. The minimum absolute atomic E-state index is 0.335. The third-order valence-corrected chi connectivity index (χ3v) is 2.79. The van der Waals surface area contributed by atoms with E-state index in [4.69, 9.17) is 11.5 Å². The van der Waals surface area contributed by atoms with Crippen molar-refractivity contribution < 1.29 is 9.90 Å². The van der Waals surface area contributed by atoms with E-state index in [-0.39, 0.29) is 6.10 Å². The number of nitrogens with zero attached hydrogens (tertiary/aromatic N) is 1. The van der Waals surface area contributed by atoms with Crippen LogP contribution in [0, 0.1) is 0 Å². The van der Waals surface area contributed by atoms with Crippen LogP contribution in [0.25, 0.3) is 0 Å². The highest BCUT2D eigenvalue weighted by Gasteiger charge is 2.23. The van der Waals surface area contributed by atoms with Crippen molar-refractivity contribution in [2.45, 2.75) is 12.5 Å².